The molecule has 1 aliphatic rings. The number of methoxy groups -OCH3 is 2. The third-order valence-corrected chi connectivity index (χ3v) is 5.84. The van der Waals surface area contributed by atoms with Crippen LogP contribution in [0.25, 0.3) is 11.5 Å². The highest BCUT2D eigenvalue weighted by Gasteiger charge is 2.29. The zero-order chi connectivity index (χ0) is 21.7. The molecule has 2 heterocycles. The van der Waals surface area contributed by atoms with Crippen LogP contribution in [0.3, 0.4) is 0 Å². The molecule has 1 atom stereocenters. The number of nitrogens with zero attached hydrogens (tertiary/aromatic N) is 3. The van der Waals surface area contributed by atoms with E-state index in [1.165, 1.54) is 0 Å². The van der Waals surface area contributed by atoms with Gasteiger partial charge in [0, 0.05) is 32.2 Å². The highest BCUT2D eigenvalue weighted by Crippen LogP contribution is 2.34. The molecule has 2 aromatic rings. The third kappa shape index (κ3) is 4.78. The number of rotatable bonds is 8. The number of hydrogen-bond acceptors (Lipinski definition) is 6. The van der Waals surface area contributed by atoms with E-state index in [0.29, 0.717) is 18.2 Å². The fraction of sp³-hybridized carbons (Fsp3) is 0.565. The zero-order valence-corrected chi connectivity index (χ0v) is 18.7. The van der Waals surface area contributed by atoms with E-state index in [1.807, 2.05) is 43.9 Å². The first kappa shape index (κ1) is 22.2. The molecule has 1 aromatic heterocycles. The smallest absolute Gasteiger partial charge is 0.230 e. The van der Waals surface area contributed by atoms with E-state index in [1.54, 1.807) is 14.2 Å². The van der Waals surface area contributed by atoms with Crippen molar-refractivity contribution in [3.63, 3.8) is 0 Å². The van der Waals surface area contributed by atoms with Gasteiger partial charge in [0.25, 0.3) is 0 Å². The van der Waals surface area contributed by atoms with Crippen LogP contribution >= 0.6 is 0 Å². The Morgan fingerprint density at radius 2 is 2.03 bits per heavy atom. The number of aromatic nitrogens is 1. The van der Waals surface area contributed by atoms with Gasteiger partial charge in [0.05, 0.1) is 31.4 Å². The Hall–Kier alpha value is -2.54. The van der Waals surface area contributed by atoms with Crippen molar-refractivity contribution in [2.45, 2.75) is 40.2 Å². The van der Waals surface area contributed by atoms with Crippen molar-refractivity contribution in [1.29, 1.82) is 0 Å². The molecule has 3 rings (SSSR count). The van der Waals surface area contributed by atoms with Crippen molar-refractivity contribution in [2.24, 2.45) is 5.92 Å². The maximum Gasteiger partial charge on any atom is 0.230 e. The Labute approximate surface area is 179 Å². The molecule has 0 unspecified atom stereocenters. The summed E-state index contributed by atoms with van der Waals surface area (Å²) in [5.41, 5.74) is 1.69. The molecular formula is C23H33N3O4. The van der Waals surface area contributed by atoms with Crippen molar-refractivity contribution in [3.8, 4) is 23.0 Å². The number of aryl methyl sites for hydroxylation is 1. The lowest BCUT2D eigenvalue weighted by molar-refractivity contribution is -0.137. The minimum Gasteiger partial charge on any atom is -0.497 e. The number of ether oxygens (including phenoxy) is 2. The Morgan fingerprint density at radius 1 is 1.27 bits per heavy atom. The lowest BCUT2D eigenvalue weighted by atomic mass is 9.96. The van der Waals surface area contributed by atoms with E-state index in [4.69, 9.17) is 18.9 Å². The number of carbonyl (C=O) groups is 1. The van der Waals surface area contributed by atoms with Crippen LogP contribution in [-0.4, -0.2) is 61.1 Å². The summed E-state index contributed by atoms with van der Waals surface area (Å²) in [7, 11) is 3.24. The zero-order valence-electron chi connectivity index (χ0n) is 18.7. The predicted molar refractivity (Wildman–Crippen MR) is 116 cm³/mol. The summed E-state index contributed by atoms with van der Waals surface area (Å²) in [4.78, 5) is 21.8. The second kappa shape index (κ2) is 9.98. The summed E-state index contributed by atoms with van der Waals surface area (Å²) >= 11 is 0. The first-order valence-electron chi connectivity index (χ1n) is 10.7. The maximum absolute atomic E-state index is 12.8. The average Bonchev–Trinajstić information content (AvgIpc) is 3.14. The highest BCUT2D eigenvalue weighted by molar-refractivity contribution is 5.79. The second-order valence-electron chi connectivity index (χ2n) is 7.67. The molecule has 1 aromatic carbocycles. The summed E-state index contributed by atoms with van der Waals surface area (Å²) in [5, 5.41) is 0. The summed E-state index contributed by atoms with van der Waals surface area (Å²) in [6.45, 7) is 9.95. The van der Waals surface area contributed by atoms with Crippen molar-refractivity contribution >= 4 is 5.91 Å². The van der Waals surface area contributed by atoms with Crippen LogP contribution in [0.15, 0.2) is 22.6 Å². The Bertz CT molecular complexity index is 860. The molecule has 30 heavy (non-hydrogen) atoms. The van der Waals surface area contributed by atoms with E-state index in [9.17, 15) is 4.79 Å². The van der Waals surface area contributed by atoms with E-state index in [0.717, 1.165) is 61.8 Å². The number of amides is 1. The molecule has 0 radical (unpaired) electrons. The summed E-state index contributed by atoms with van der Waals surface area (Å²) in [6.07, 6.45) is 1.98. The number of benzene rings is 1. The molecule has 164 valence electrons. The van der Waals surface area contributed by atoms with Crippen LogP contribution in [-0.2, 0) is 11.3 Å². The lowest BCUT2D eigenvalue weighted by Crippen LogP contribution is -2.44. The quantitative estimate of drug-likeness (QED) is 0.654. The van der Waals surface area contributed by atoms with Crippen molar-refractivity contribution in [1.82, 2.24) is 14.8 Å². The number of piperidine rings is 1. The normalized spacial score (nSPS) is 17.0. The third-order valence-electron chi connectivity index (χ3n) is 5.84. The molecule has 1 amide bonds. The molecule has 0 bridgehead atoms. The van der Waals surface area contributed by atoms with Gasteiger partial charge in [-0.2, -0.15) is 0 Å². The number of hydrogen-bond donors (Lipinski definition) is 0. The van der Waals surface area contributed by atoms with Gasteiger partial charge in [-0.25, -0.2) is 4.98 Å². The molecule has 1 saturated heterocycles. The average molecular weight is 416 g/mol. The van der Waals surface area contributed by atoms with E-state index in [-0.39, 0.29) is 11.8 Å². The highest BCUT2D eigenvalue weighted by atomic mass is 16.5. The van der Waals surface area contributed by atoms with Crippen LogP contribution in [0.5, 0.6) is 11.5 Å². The van der Waals surface area contributed by atoms with Gasteiger partial charge < -0.3 is 18.8 Å². The van der Waals surface area contributed by atoms with Gasteiger partial charge in [0.2, 0.25) is 11.8 Å². The topological polar surface area (TPSA) is 68.0 Å². The Morgan fingerprint density at radius 3 is 2.70 bits per heavy atom. The van der Waals surface area contributed by atoms with Crippen molar-refractivity contribution < 1.29 is 18.7 Å². The number of carbonyl (C=O) groups excluding carboxylic acids is 1. The number of likely N-dealkylation sites (tertiary alicyclic amines) is 1. The van der Waals surface area contributed by atoms with Gasteiger partial charge in [0.15, 0.2) is 0 Å². The molecule has 7 nitrogen and oxygen atoms in total. The van der Waals surface area contributed by atoms with E-state index in [2.05, 4.69) is 4.90 Å². The van der Waals surface area contributed by atoms with Gasteiger partial charge in [-0.05, 0) is 52.3 Å². The minimum atomic E-state index is 0.0620. The summed E-state index contributed by atoms with van der Waals surface area (Å²) in [6, 6.07) is 5.58. The van der Waals surface area contributed by atoms with Crippen molar-refractivity contribution in [3.05, 3.63) is 29.7 Å². The van der Waals surface area contributed by atoms with Gasteiger partial charge in [-0.15, -0.1) is 0 Å². The van der Waals surface area contributed by atoms with Crippen LogP contribution < -0.4 is 9.47 Å². The molecule has 1 fully saturated rings. The first-order valence-corrected chi connectivity index (χ1v) is 10.7. The van der Waals surface area contributed by atoms with E-state index >= 15 is 0 Å². The van der Waals surface area contributed by atoms with Crippen LogP contribution in [0.4, 0.5) is 0 Å². The largest absolute Gasteiger partial charge is 0.497 e. The molecule has 0 spiro atoms. The lowest BCUT2D eigenvalue weighted by Gasteiger charge is -2.34. The molecular weight excluding hydrogens is 382 g/mol. The fourth-order valence-corrected chi connectivity index (χ4v) is 4.07. The van der Waals surface area contributed by atoms with E-state index < -0.39 is 0 Å². The molecule has 0 N–H and O–H groups in total. The van der Waals surface area contributed by atoms with Gasteiger partial charge in [0.1, 0.15) is 17.3 Å². The summed E-state index contributed by atoms with van der Waals surface area (Å²) < 4.78 is 16.7. The second-order valence-corrected chi connectivity index (χ2v) is 7.67. The minimum absolute atomic E-state index is 0.0620. The molecule has 0 saturated carbocycles. The first-order chi connectivity index (χ1) is 14.5. The molecule has 7 heteroatoms. The van der Waals surface area contributed by atoms with Gasteiger partial charge in [-0.3, -0.25) is 9.69 Å². The number of oxazole rings is 1. The van der Waals surface area contributed by atoms with Gasteiger partial charge >= 0.3 is 0 Å². The standard InChI is InChI=1S/C23H33N3O4/c1-6-26(7-2)23(27)17-9-8-12-25(14-17)15-20-16(3)30-22(24-20)19-11-10-18(28-4)13-21(19)29-5/h10-11,13,17H,6-9,12,14-15H2,1-5H3/t17-/m0/s1. The van der Waals surface area contributed by atoms with Crippen LogP contribution in [0.2, 0.25) is 0 Å². The van der Waals surface area contributed by atoms with Crippen LogP contribution in [0, 0.1) is 12.8 Å². The SMILES string of the molecule is CCN(CC)C(=O)[C@H]1CCCN(Cc2nc(-c3ccc(OC)cc3OC)oc2C)C1. The van der Waals surface area contributed by atoms with Crippen LogP contribution in [0.1, 0.15) is 38.1 Å². The fourth-order valence-electron chi connectivity index (χ4n) is 4.07. The Balaban J connectivity index is 1.74. The molecule has 0 aliphatic carbocycles. The summed E-state index contributed by atoms with van der Waals surface area (Å²) in [5.74, 6) is 3.04. The van der Waals surface area contributed by atoms with Gasteiger partial charge in [-0.1, -0.05) is 0 Å². The maximum atomic E-state index is 12.8. The predicted octanol–water partition coefficient (Wildman–Crippen LogP) is 3.75. The monoisotopic (exact) mass is 415 g/mol. The Kier molecular flexibility index (Phi) is 7.37. The van der Waals surface area contributed by atoms with Crippen molar-refractivity contribution in [2.75, 3.05) is 40.4 Å². The molecule has 1 aliphatic heterocycles.